The van der Waals surface area contributed by atoms with Crippen molar-refractivity contribution in [1.29, 1.82) is 5.26 Å². The molecule has 1 heterocycles. The molecule has 1 atom stereocenters. The molecule has 3 aromatic rings. The molecule has 126 valence electrons. The van der Waals surface area contributed by atoms with Crippen LogP contribution in [0.3, 0.4) is 0 Å². The normalized spacial score (nSPS) is 12.3. The van der Waals surface area contributed by atoms with Gasteiger partial charge in [0.25, 0.3) is 0 Å². The van der Waals surface area contributed by atoms with Gasteiger partial charge in [0.15, 0.2) is 11.7 Å². The van der Waals surface area contributed by atoms with E-state index < -0.39 is 17.6 Å². The first kappa shape index (κ1) is 16.7. The number of ketones is 1. The molecule has 0 radical (unpaired) electrons. The highest BCUT2D eigenvalue weighted by Crippen LogP contribution is 2.32. The third-order valence-corrected chi connectivity index (χ3v) is 4.14. The summed E-state index contributed by atoms with van der Waals surface area (Å²) in [6.07, 6.45) is 0. The van der Waals surface area contributed by atoms with Crippen LogP contribution in [-0.2, 0) is 4.79 Å². The monoisotopic (exact) mass is 334 g/mol. The summed E-state index contributed by atoms with van der Waals surface area (Å²) in [5.41, 5.74) is 1.24. The van der Waals surface area contributed by atoms with Gasteiger partial charge in [0.1, 0.15) is 5.58 Å². The number of amides is 1. The number of fused-ring (bicyclic) bond motifs is 3. The predicted octanol–water partition coefficient (Wildman–Crippen LogP) is 3.74. The van der Waals surface area contributed by atoms with Crippen LogP contribution in [0, 0.1) is 24.2 Å². The van der Waals surface area contributed by atoms with Crippen molar-refractivity contribution in [1.82, 2.24) is 5.32 Å². The minimum atomic E-state index is -1.42. The Balaban J connectivity index is 2.10. The molecule has 0 saturated carbocycles. The summed E-state index contributed by atoms with van der Waals surface area (Å²) in [4.78, 5) is 24.9. The number of furan rings is 1. The summed E-state index contributed by atoms with van der Waals surface area (Å²) < 4.78 is 5.83. The quantitative estimate of drug-likeness (QED) is 0.582. The van der Waals surface area contributed by atoms with E-state index >= 15 is 0 Å². The predicted molar refractivity (Wildman–Crippen MR) is 95.2 cm³/mol. The third kappa shape index (κ3) is 2.87. The number of benzene rings is 2. The Morgan fingerprint density at radius 1 is 1.12 bits per heavy atom. The second-order valence-corrected chi connectivity index (χ2v) is 6.31. The molecule has 25 heavy (non-hydrogen) atoms. The van der Waals surface area contributed by atoms with Gasteiger partial charge in [-0.1, -0.05) is 36.4 Å². The summed E-state index contributed by atoms with van der Waals surface area (Å²) in [5.74, 6) is -2.57. The Morgan fingerprint density at radius 3 is 2.52 bits per heavy atom. The fraction of sp³-hybridized carbons (Fsp3) is 0.250. The molecule has 0 saturated heterocycles. The van der Waals surface area contributed by atoms with Gasteiger partial charge in [0, 0.05) is 22.4 Å². The first-order valence-corrected chi connectivity index (χ1v) is 8.09. The van der Waals surface area contributed by atoms with Crippen LogP contribution in [0.4, 0.5) is 0 Å². The molecule has 1 aromatic heterocycles. The number of hydrogen-bond acceptors (Lipinski definition) is 4. The van der Waals surface area contributed by atoms with Crippen molar-refractivity contribution >= 4 is 33.4 Å². The van der Waals surface area contributed by atoms with E-state index in [1.54, 1.807) is 26.8 Å². The van der Waals surface area contributed by atoms with Gasteiger partial charge in [-0.3, -0.25) is 9.59 Å². The summed E-state index contributed by atoms with van der Waals surface area (Å²) in [6, 6.07) is 13.2. The average molecular weight is 334 g/mol. The zero-order chi connectivity index (χ0) is 18.1. The van der Waals surface area contributed by atoms with Crippen LogP contribution in [-0.4, -0.2) is 17.7 Å². The number of rotatable bonds is 4. The van der Waals surface area contributed by atoms with E-state index in [1.807, 2.05) is 36.4 Å². The summed E-state index contributed by atoms with van der Waals surface area (Å²) >= 11 is 0. The smallest absolute Gasteiger partial charge is 0.245 e. The number of nitriles is 1. The molecule has 0 bridgehead atoms. The summed E-state index contributed by atoms with van der Waals surface area (Å²) in [5, 5.41) is 14.6. The number of nitrogens with zero attached hydrogens (tertiary/aromatic N) is 1. The molecular weight excluding hydrogens is 316 g/mol. The Morgan fingerprint density at radius 2 is 1.84 bits per heavy atom. The molecule has 5 nitrogen and oxygen atoms in total. The highest BCUT2D eigenvalue weighted by Gasteiger charge is 2.32. The molecule has 0 aliphatic carbocycles. The molecule has 0 spiro atoms. The van der Waals surface area contributed by atoms with Gasteiger partial charge in [-0.05, 0) is 26.2 Å². The van der Waals surface area contributed by atoms with E-state index in [4.69, 9.17) is 4.42 Å². The van der Waals surface area contributed by atoms with Crippen molar-refractivity contribution in [3.8, 4) is 6.07 Å². The summed E-state index contributed by atoms with van der Waals surface area (Å²) in [6.45, 7) is 5.31. The van der Waals surface area contributed by atoms with Crippen LogP contribution in [0.25, 0.3) is 21.7 Å². The highest BCUT2D eigenvalue weighted by molar-refractivity contribution is 6.15. The van der Waals surface area contributed by atoms with Gasteiger partial charge < -0.3 is 9.73 Å². The van der Waals surface area contributed by atoms with Crippen molar-refractivity contribution in [2.24, 2.45) is 5.92 Å². The molecule has 5 heteroatoms. The maximum Gasteiger partial charge on any atom is 0.245 e. The van der Waals surface area contributed by atoms with Gasteiger partial charge in [-0.25, -0.2) is 0 Å². The van der Waals surface area contributed by atoms with Gasteiger partial charge in [0.05, 0.1) is 6.07 Å². The molecule has 0 unspecified atom stereocenters. The SMILES string of the molecule is Cc1c(C(=O)[C@@H](C#N)C(=O)NC(C)C)oc2c1ccc1ccccc12. The van der Waals surface area contributed by atoms with Crippen molar-refractivity contribution in [3.63, 3.8) is 0 Å². The van der Waals surface area contributed by atoms with Crippen LogP contribution in [0.1, 0.15) is 30.0 Å². The summed E-state index contributed by atoms with van der Waals surface area (Å²) in [7, 11) is 0. The number of Topliss-reactive ketones (excluding diaryl/α,β-unsaturated/α-hetero) is 1. The molecule has 3 rings (SSSR count). The zero-order valence-corrected chi connectivity index (χ0v) is 14.3. The maximum atomic E-state index is 12.7. The molecular formula is C20H18N2O3. The Hall–Kier alpha value is -3.13. The minimum Gasteiger partial charge on any atom is -0.452 e. The van der Waals surface area contributed by atoms with Crippen LogP contribution < -0.4 is 5.32 Å². The first-order chi connectivity index (χ1) is 11.9. The fourth-order valence-electron chi connectivity index (χ4n) is 2.92. The number of carbonyl (C=O) groups is 2. The number of carbonyl (C=O) groups excluding carboxylic acids is 2. The van der Waals surface area contributed by atoms with E-state index in [-0.39, 0.29) is 11.8 Å². The van der Waals surface area contributed by atoms with E-state index in [0.29, 0.717) is 11.1 Å². The van der Waals surface area contributed by atoms with Crippen LogP contribution in [0.15, 0.2) is 40.8 Å². The molecule has 2 aromatic carbocycles. The Kier molecular flexibility index (Phi) is 4.28. The molecule has 0 aliphatic rings. The Labute approximate surface area is 145 Å². The van der Waals surface area contributed by atoms with Crippen LogP contribution >= 0.6 is 0 Å². The second-order valence-electron chi connectivity index (χ2n) is 6.31. The van der Waals surface area contributed by atoms with Crippen molar-refractivity contribution in [2.45, 2.75) is 26.8 Å². The molecule has 1 N–H and O–H groups in total. The lowest BCUT2D eigenvalue weighted by Gasteiger charge is -2.11. The van der Waals surface area contributed by atoms with Crippen molar-refractivity contribution in [3.05, 3.63) is 47.7 Å². The standard InChI is InChI=1S/C20H18N2O3/c1-11(2)22-20(24)16(10-21)17(23)18-12(3)14-9-8-13-6-4-5-7-15(13)19(14)25-18/h4-9,11,16H,1-3H3,(H,22,24)/t16-/m1/s1. The average Bonchev–Trinajstić information content (AvgIpc) is 2.92. The van der Waals surface area contributed by atoms with E-state index in [1.165, 1.54) is 0 Å². The van der Waals surface area contributed by atoms with E-state index in [0.717, 1.165) is 16.2 Å². The topological polar surface area (TPSA) is 83.1 Å². The van der Waals surface area contributed by atoms with Crippen LogP contribution in [0.2, 0.25) is 0 Å². The number of aryl methyl sites for hydroxylation is 1. The van der Waals surface area contributed by atoms with Gasteiger partial charge in [-0.15, -0.1) is 0 Å². The highest BCUT2D eigenvalue weighted by atomic mass is 16.3. The lowest BCUT2D eigenvalue weighted by molar-refractivity contribution is -0.122. The van der Waals surface area contributed by atoms with E-state index in [9.17, 15) is 14.9 Å². The number of nitrogens with one attached hydrogen (secondary N) is 1. The molecule has 0 fully saturated rings. The minimum absolute atomic E-state index is 0.0665. The zero-order valence-electron chi connectivity index (χ0n) is 14.3. The lowest BCUT2D eigenvalue weighted by atomic mass is 9.99. The molecule has 1 amide bonds. The van der Waals surface area contributed by atoms with Crippen LogP contribution in [0.5, 0.6) is 0 Å². The van der Waals surface area contributed by atoms with E-state index in [2.05, 4.69) is 5.32 Å². The second kappa shape index (κ2) is 6.40. The number of hydrogen-bond donors (Lipinski definition) is 1. The first-order valence-electron chi connectivity index (χ1n) is 8.09. The van der Waals surface area contributed by atoms with Gasteiger partial charge in [-0.2, -0.15) is 5.26 Å². The molecule has 0 aliphatic heterocycles. The third-order valence-electron chi connectivity index (χ3n) is 4.14. The largest absolute Gasteiger partial charge is 0.452 e. The maximum absolute atomic E-state index is 12.7. The fourth-order valence-corrected chi connectivity index (χ4v) is 2.92. The van der Waals surface area contributed by atoms with Crippen molar-refractivity contribution in [2.75, 3.05) is 0 Å². The van der Waals surface area contributed by atoms with Gasteiger partial charge >= 0.3 is 0 Å². The van der Waals surface area contributed by atoms with Gasteiger partial charge in [0.2, 0.25) is 11.7 Å². The lowest BCUT2D eigenvalue weighted by Crippen LogP contribution is -2.38. The Bertz CT molecular complexity index is 1020. The van der Waals surface area contributed by atoms with Crippen molar-refractivity contribution < 1.29 is 14.0 Å².